The van der Waals surface area contributed by atoms with Crippen molar-refractivity contribution < 1.29 is 14.6 Å². The van der Waals surface area contributed by atoms with Crippen molar-refractivity contribution in [1.82, 2.24) is 9.88 Å². The molecule has 2 N–H and O–H groups in total. The summed E-state index contributed by atoms with van der Waals surface area (Å²) in [6.45, 7) is 0.932. The summed E-state index contributed by atoms with van der Waals surface area (Å²) in [6, 6.07) is 7.30. The molecular weight excluding hydrogens is 330 g/mol. The summed E-state index contributed by atoms with van der Waals surface area (Å²) in [5, 5.41) is 15.4. The maximum atomic E-state index is 11.9. The number of anilines is 1. The summed E-state index contributed by atoms with van der Waals surface area (Å²) in [5.41, 5.74) is 1.70. The Hall–Kier alpha value is -1.89. The zero-order chi connectivity index (χ0) is 17.1. The van der Waals surface area contributed by atoms with E-state index >= 15 is 0 Å². The molecule has 1 fully saturated rings. The number of likely N-dealkylation sites (tertiary alicyclic amines) is 1. The number of aliphatic hydroxyl groups excluding tert-OH is 1. The van der Waals surface area contributed by atoms with Crippen LogP contribution in [0.4, 0.5) is 5.69 Å². The molecule has 1 saturated heterocycles. The van der Waals surface area contributed by atoms with Crippen molar-refractivity contribution in [3.8, 4) is 0 Å². The van der Waals surface area contributed by atoms with Crippen LogP contribution in [0.5, 0.6) is 0 Å². The van der Waals surface area contributed by atoms with Crippen LogP contribution in [0.2, 0.25) is 5.02 Å². The molecule has 0 bridgehead atoms. The van der Waals surface area contributed by atoms with Gasteiger partial charge in [-0.2, -0.15) is 0 Å². The van der Waals surface area contributed by atoms with Crippen molar-refractivity contribution in [1.29, 1.82) is 0 Å². The van der Waals surface area contributed by atoms with Gasteiger partial charge in [0.1, 0.15) is 6.61 Å². The lowest BCUT2D eigenvalue weighted by Gasteiger charge is -2.36. The third kappa shape index (κ3) is 3.61. The maximum absolute atomic E-state index is 11.9. The molecule has 1 aliphatic rings. The van der Waals surface area contributed by atoms with Gasteiger partial charge in [0.05, 0.1) is 17.7 Å². The number of piperidine rings is 1. The van der Waals surface area contributed by atoms with Gasteiger partial charge in [0.15, 0.2) is 0 Å². The Balaban J connectivity index is 1.72. The predicted molar refractivity (Wildman–Crippen MR) is 93.2 cm³/mol. The number of carbonyl (C=O) groups is 1. The molecule has 0 unspecified atom stereocenters. The average Bonchev–Trinajstić information content (AvgIpc) is 2.56. The number of pyridine rings is 1. The minimum Gasteiger partial charge on any atom is -0.389 e. The third-order valence-electron chi connectivity index (χ3n) is 4.25. The number of β-amino-alcohol motifs (C(OH)–C–C–N with tert-alkyl or cyclic N) is 1. The minimum atomic E-state index is -0.643. The summed E-state index contributed by atoms with van der Waals surface area (Å²) < 4.78 is 4.87. The number of fused-ring (bicyclic) bond motifs is 1. The first-order chi connectivity index (χ1) is 11.6. The molecule has 6 nitrogen and oxygen atoms in total. The van der Waals surface area contributed by atoms with E-state index in [1.54, 1.807) is 11.1 Å². The Labute approximate surface area is 145 Å². The van der Waals surface area contributed by atoms with Gasteiger partial charge in [0, 0.05) is 42.5 Å². The van der Waals surface area contributed by atoms with E-state index in [0.29, 0.717) is 24.5 Å². The maximum Gasteiger partial charge on any atom is 0.248 e. The molecule has 0 radical (unpaired) electrons. The van der Waals surface area contributed by atoms with E-state index in [1.807, 2.05) is 24.3 Å². The van der Waals surface area contributed by atoms with E-state index in [2.05, 4.69) is 10.3 Å². The highest BCUT2D eigenvalue weighted by Crippen LogP contribution is 2.26. The summed E-state index contributed by atoms with van der Waals surface area (Å²) in [4.78, 5) is 17.8. The fourth-order valence-corrected chi connectivity index (χ4v) is 3.15. The van der Waals surface area contributed by atoms with Gasteiger partial charge < -0.3 is 20.1 Å². The Morgan fingerprint density at radius 2 is 2.33 bits per heavy atom. The fourth-order valence-electron chi connectivity index (χ4n) is 2.99. The zero-order valence-corrected chi connectivity index (χ0v) is 14.2. The van der Waals surface area contributed by atoms with Gasteiger partial charge in [-0.15, -0.1) is 0 Å². The van der Waals surface area contributed by atoms with Gasteiger partial charge in [0.25, 0.3) is 0 Å². The van der Waals surface area contributed by atoms with E-state index in [9.17, 15) is 9.90 Å². The number of aromatic nitrogens is 1. The molecule has 0 spiro atoms. The van der Waals surface area contributed by atoms with Crippen molar-refractivity contribution in [3.05, 3.63) is 35.5 Å². The van der Waals surface area contributed by atoms with Gasteiger partial charge >= 0.3 is 0 Å². The van der Waals surface area contributed by atoms with E-state index in [-0.39, 0.29) is 18.6 Å². The van der Waals surface area contributed by atoms with Crippen LogP contribution in [0.3, 0.4) is 0 Å². The number of amides is 1. The number of benzene rings is 1. The second-order valence-corrected chi connectivity index (χ2v) is 6.34. The molecule has 1 aliphatic heterocycles. The summed E-state index contributed by atoms with van der Waals surface area (Å²) in [7, 11) is 1.49. The van der Waals surface area contributed by atoms with Crippen molar-refractivity contribution >= 4 is 34.1 Å². The summed E-state index contributed by atoms with van der Waals surface area (Å²) in [5.74, 6) is -0.0981. The second-order valence-electron chi connectivity index (χ2n) is 5.90. The van der Waals surface area contributed by atoms with Crippen molar-refractivity contribution in [2.75, 3.05) is 32.1 Å². The van der Waals surface area contributed by atoms with Gasteiger partial charge in [-0.1, -0.05) is 11.6 Å². The van der Waals surface area contributed by atoms with Crippen LogP contribution >= 0.6 is 11.6 Å². The predicted octanol–water partition coefficient (Wildman–Crippen LogP) is 1.91. The quantitative estimate of drug-likeness (QED) is 0.882. The van der Waals surface area contributed by atoms with Crippen molar-refractivity contribution in [2.24, 2.45) is 0 Å². The SMILES string of the molecule is COCC(=O)N1CC[C@@H](Nc2ccnc3cc(Cl)ccc23)[C@H](O)C1. The van der Waals surface area contributed by atoms with Crippen LogP contribution in [0.1, 0.15) is 6.42 Å². The molecule has 2 aromatic rings. The molecule has 1 aromatic carbocycles. The normalized spacial score (nSPS) is 21.0. The Kier molecular flexibility index (Phi) is 5.18. The fraction of sp³-hybridized carbons (Fsp3) is 0.412. The van der Waals surface area contributed by atoms with Crippen molar-refractivity contribution in [3.63, 3.8) is 0 Å². The number of methoxy groups -OCH3 is 1. The number of ether oxygens (including phenoxy) is 1. The van der Waals surface area contributed by atoms with Crippen LogP contribution in [0.25, 0.3) is 10.9 Å². The number of hydrogen-bond donors (Lipinski definition) is 2. The highest BCUT2D eigenvalue weighted by atomic mass is 35.5. The Morgan fingerprint density at radius 3 is 3.08 bits per heavy atom. The summed E-state index contributed by atoms with van der Waals surface area (Å²) >= 11 is 6.01. The number of carbonyl (C=O) groups excluding carboxylic acids is 1. The first-order valence-electron chi connectivity index (χ1n) is 7.84. The first kappa shape index (κ1) is 17.0. The Morgan fingerprint density at radius 1 is 1.50 bits per heavy atom. The lowest BCUT2D eigenvalue weighted by molar-refractivity contribution is -0.138. The average molecular weight is 350 g/mol. The third-order valence-corrected chi connectivity index (χ3v) is 4.48. The molecule has 0 aliphatic carbocycles. The molecule has 2 atom stereocenters. The van der Waals surface area contributed by atoms with Crippen LogP contribution in [0.15, 0.2) is 30.5 Å². The van der Waals surface area contributed by atoms with E-state index < -0.39 is 6.10 Å². The molecular formula is C17H20ClN3O3. The van der Waals surface area contributed by atoms with Gasteiger partial charge in [0.2, 0.25) is 5.91 Å². The monoisotopic (exact) mass is 349 g/mol. The highest BCUT2D eigenvalue weighted by Gasteiger charge is 2.30. The molecule has 1 amide bonds. The summed E-state index contributed by atoms with van der Waals surface area (Å²) in [6.07, 6.45) is 1.73. The van der Waals surface area contributed by atoms with E-state index in [4.69, 9.17) is 16.3 Å². The lowest BCUT2D eigenvalue weighted by atomic mass is 10.0. The van der Waals surface area contributed by atoms with Gasteiger partial charge in [-0.05, 0) is 30.7 Å². The van der Waals surface area contributed by atoms with Crippen LogP contribution in [0, 0.1) is 0 Å². The van der Waals surface area contributed by atoms with Crippen LogP contribution in [-0.4, -0.2) is 59.8 Å². The topological polar surface area (TPSA) is 74.7 Å². The number of hydrogen-bond acceptors (Lipinski definition) is 5. The lowest BCUT2D eigenvalue weighted by Crippen LogP contribution is -2.52. The van der Waals surface area contributed by atoms with E-state index in [0.717, 1.165) is 16.6 Å². The first-order valence-corrected chi connectivity index (χ1v) is 8.22. The molecule has 2 heterocycles. The molecule has 128 valence electrons. The molecule has 3 rings (SSSR count). The van der Waals surface area contributed by atoms with Gasteiger partial charge in [-0.3, -0.25) is 9.78 Å². The molecule has 24 heavy (non-hydrogen) atoms. The molecule has 0 saturated carbocycles. The number of aliphatic hydroxyl groups is 1. The highest BCUT2D eigenvalue weighted by molar-refractivity contribution is 6.31. The molecule has 7 heteroatoms. The molecule has 1 aromatic heterocycles. The van der Waals surface area contributed by atoms with Crippen LogP contribution < -0.4 is 5.32 Å². The largest absolute Gasteiger partial charge is 0.389 e. The Bertz CT molecular complexity index is 740. The zero-order valence-electron chi connectivity index (χ0n) is 13.4. The second kappa shape index (κ2) is 7.34. The number of nitrogens with zero attached hydrogens (tertiary/aromatic N) is 2. The number of rotatable bonds is 4. The number of nitrogens with one attached hydrogen (secondary N) is 1. The smallest absolute Gasteiger partial charge is 0.248 e. The van der Waals surface area contributed by atoms with Crippen LogP contribution in [-0.2, 0) is 9.53 Å². The number of halogens is 1. The minimum absolute atomic E-state index is 0.0422. The van der Waals surface area contributed by atoms with Gasteiger partial charge in [-0.25, -0.2) is 0 Å². The van der Waals surface area contributed by atoms with Crippen molar-refractivity contribution in [2.45, 2.75) is 18.6 Å². The van der Waals surface area contributed by atoms with E-state index in [1.165, 1.54) is 7.11 Å². The standard InChI is InChI=1S/C17H20ClN3O3/c1-24-10-17(23)21-7-5-14(16(22)9-21)20-13-4-6-19-15-8-11(18)2-3-12(13)15/h2-4,6,8,14,16,22H,5,7,9-10H2,1H3,(H,19,20)/t14-,16-/m1/s1.